The average molecular weight is 293 g/mol. The Bertz CT molecular complexity index is 442. The number of benzene rings is 1. The maximum absolute atomic E-state index is 12.8. The Morgan fingerprint density at radius 3 is 2.42 bits per heavy atom. The van der Waals surface area contributed by atoms with E-state index in [-0.39, 0.29) is 11.1 Å². The third-order valence-electron chi connectivity index (χ3n) is 3.43. The Morgan fingerprint density at radius 2 is 1.84 bits per heavy atom. The van der Waals surface area contributed by atoms with Crippen LogP contribution in [0.25, 0.3) is 0 Å². The molecule has 0 radical (unpaired) electrons. The Morgan fingerprint density at radius 1 is 1.21 bits per heavy atom. The first-order chi connectivity index (χ1) is 8.88. The van der Waals surface area contributed by atoms with Crippen molar-refractivity contribution in [3.05, 3.63) is 34.3 Å². The van der Waals surface area contributed by atoms with Gasteiger partial charge in [-0.3, -0.25) is 4.90 Å². The van der Waals surface area contributed by atoms with Gasteiger partial charge in [0.1, 0.15) is 0 Å². The van der Waals surface area contributed by atoms with Crippen molar-refractivity contribution in [2.75, 3.05) is 26.2 Å². The molecule has 106 valence electrons. The lowest BCUT2D eigenvalue weighted by Gasteiger charge is -2.33. The highest BCUT2D eigenvalue weighted by Gasteiger charge is 2.32. The highest BCUT2D eigenvalue weighted by molar-refractivity contribution is 6.30. The van der Waals surface area contributed by atoms with Crippen molar-refractivity contribution in [3.8, 4) is 0 Å². The summed E-state index contributed by atoms with van der Waals surface area (Å²) in [4.78, 5) is 2.16. The van der Waals surface area contributed by atoms with E-state index in [4.69, 9.17) is 11.6 Å². The van der Waals surface area contributed by atoms with Gasteiger partial charge in [-0.25, -0.2) is 0 Å². The monoisotopic (exact) mass is 292 g/mol. The number of piperazine rings is 1. The molecule has 0 bridgehead atoms. The summed E-state index contributed by atoms with van der Waals surface area (Å²) in [6.07, 6.45) is -4.36. The number of hydrogen-bond donors (Lipinski definition) is 1. The first kappa shape index (κ1) is 14.6. The molecule has 1 aromatic rings. The summed E-state index contributed by atoms with van der Waals surface area (Å²) in [5.74, 6) is 0. The molecule has 0 spiro atoms. The topological polar surface area (TPSA) is 15.3 Å². The van der Waals surface area contributed by atoms with Crippen molar-refractivity contribution >= 4 is 11.6 Å². The largest absolute Gasteiger partial charge is 0.416 e. The van der Waals surface area contributed by atoms with Crippen LogP contribution in [0.2, 0.25) is 5.02 Å². The fraction of sp³-hybridized carbons (Fsp3) is 0.538. The van der Waals surface area contributed by atoms with Gasteiger partial charge in [-0.15, -0.1) is 0 Å². The van der Waals surface area contributed by atoms with Crippen molar-refractivity contribution in [3.63, 3.8) is 0 Å². The van der Waals surface area contributed by atoms with Crippen LogP contribution in [0.1, 0.15) is 24.1 Å². The van der Waals surface area contributed by atoms with Crippen LogP contribution in [0.5, 0.6) is 0 Å². The van der Waals surface area contributed by atoms with Gasteiger partial charge < -0.3 is 5.32 Å². The first-order valence-corrected chi connectivity index (χ1v) is 6.58. The van der Waals surface area contributed by atoms with Gasteiger partial charge in [-0.1, -0.05) is 11.6 Å². The molecule has 1 aromatic carbocycles. The first-order valence-electron chi connectivity index (χ1n) is 6.20. The lowest BCUT2D eigenvalue weighted by Crippen LogP contribution is -2.44. The summed E-state index contributed by atoms with van der Waals surface area (Å²) in [6.45, 7) is 5.29. The molecule has 2 rings (SSSR count). The van der Waals surface area contributed by atoms with E-state index in [9.17, 15) is 13.2 Å². The minimum atomic E-state index is -4.36. The van der Waals surface area contributed by atoms with Crippen molar-refractivity contribution < 1.29 is 13.2 Å². The van der Waals surface area contributed by atoms with Gasteiger partial charge in [0.2, 0.25) is 0 Å². The number of nitrogens with zero attached hydrogens (tertiary/aromatic N) is 1. The second kappa shape index (κ2) is 5.69. The predicted molar refractivity (Wildman–Crippen MR) is 69.3 cm³/mol. The Kier molecular flexibility index (Phi) is 4.38. The van der Waals surface area contributed by atoms with E-state index < -0.39 is 11.7 Å². The van der Waals surface area contributed by atoms with E-state index in [1.165, 1.54) is 6.07 Å². The van der Waals surface area contributed by atoms with Crippen LogP contribution in [0.3, 0.4) is 0 Å². The fourth-order valence-electron chi connectivity index (χ4n) is 2.30. The lowest BCUT2D eigenvalue weighted by atomic mass is 10.0. The van der Waals surface area contributed by atoms with Crippen LogP contribution >= 0.6 is 11.6 Å². The van der Waals surface area contributed by atoms with Gasteiger partial charge in [0.15, 0.2) is 0 Å². The van der Waals surface area contributed by atoms with Crippen LogP contribution in [0, 0.1) is 0 Å². The summed E-state index contributed by atoms with van der Waals surface area (Å²) < 4.78 is 38.3. The van der Waals surface area contributed by atoms with Gasteiger partial charge >= 0.3 is 6.18 Å². The van der Waals surface area contributed by atoms with E-state index in [1.807, 2.05) is 6.92 Å². The van der Waals surface area contributed by atoms with Gasteiger partial charge in [-0.2, -0.15) is 13.2 Å². The predicted octanol–water partition coefficient (Wildman–Crippen LogP) is 3.33. The fourth-order valence-corrected chi connectivity index (χ4v) is 2.54. The lowest BCUT2D eigenvalue weighted by molar-refractivity contribution is -0.137. The summed E-state index contributed by atoms with van der Waals surface area (Å²) in [5, 5.41) is 3.35. The SMILES string of the molecule is C[C@@H](c1cc(Cl)cc(C(F)(F)F)c1)N1CCNCC1. The van der Waals surface area contributed by atoms with Crippen LogP contribution < -0.4 is 5.32 Å². The maximum Gasteiger partial charge on any atom is 0.416 e. The summed E-state index contributed by atoms with van der Waals surface area (Å²) in [7, 11) is 0. The molecule has 2 nitrogen and oxygen atoms in total. The Labute approximate surface area is 115 Å². The molecular weight excluding hydrogens is 277 g/mol. The summed E-state index contributed by atoms with van der Waals surface area (Å²) in [6, 6.07) is 3.71. The van der Waals surface area contributed by atoms with E-state index in [0.29, 0.717) is 5.56 Å². The van der Waals surface area contributed by atoms with E-state index in [2.05, 4.69) is 10.2 Å². The molecule has 0 unspecified atom stereocenters. The molecule has 1 heterocycles. The highest BCUT2D eigenvalue weighted by Crippen LogP contribution is 2.34. The molecule has 0 amide bonds. The third-order valence-corrected chi connectivity index (χ3v) is 3.65. The van der Waals surface area contributed by atoms with Crippen LogP contribution in [-0.4, -0.2) is 31.1 Å². The quantitative estimate of drug-likeness (QED) is 0.899. The second-order valence-electron chi connectivity index (χ2n) is 4.73. The summed E-state index contributed by atoms with van der Waals surface area (Å²) in [5.41, 5.74) is -0.0706. The minimum Gasteiger partial charge on any atom is -0.314 e. The molecule has 6 heteroatoms. The third kappa shape index (κ3) is 3.61. The van der Waals surface area contributed by atoms with Crippen LogP contribution in [-0.2, 0) is 6.18 Å². The second-order valence-corrected chi connectivity index (χ2v) is 5.17. The van der Waals surface area contributed by atoms with Gasteiger partial charge in [0.05, 0.1) is 5.56 Å². The highest BCUT2D eigenvalue weighted by atomic mass is 35.5. The molecule has 0 aliphatic carbocycles. The number of alkyl halides is 3. The Balaban J connectivity index is 2.26. The van der Waals surface area contributed by atoms with E-state index in [1.54, 1.807) is 6.07 Å². The van der Waals surface area contributed by atoms with Gasteiger partial charge in [-0.05, 0) is 30.7 Å². The summed E-state index contributed by atoms with van der Waals surface area (Å²) >= 11 is 5.81. The molecule has 1 fully saturated rings. The van der Waals surface area contributed by atoms with Crippen molar-refractivity contribution in [2.45, 2.75) is 19.1 Å². The number of nitrogens with one attached hydrogen (secondary N) is 1. The molecule has 0 saturated carbocycles. The van der Waals surface area contributed by atoms with Crippen molar-refractivity contribution in [1.82, 2.24) is 10.2 Å². The average Bonchev–Trinajstić information content (AvgIpc) is 2.37. The molecule has 1 N–H and O–H groups in total. The molecule has 1 atom stereocenters. The van der Waals surface area contributed by atoms with Crippen molar-refractivity contribution in [2.24, 2.45) is 0 Å². The molecule has 1 aliphatic rings. The van der Waals surface area contributed by atoms with Crippen molar-refractivity contribution in [1.29, 1.82) is 0 Å². The smallest absolute Gasteiger partial charge is 0.314 e. The van der Waals surface area contributed by atoms with Crippen LogP contribution in [0.15, 0.2) is 18.2 Å². The number of rotatable bonds is 2. The number of halogens is 4. The zero-order chi connectivity index (χ0) is 14.0. The molecule has 19 heavy (non-hydrogen) atoms. The standard InChI is InChI=1S/C13H16ClF3N2/c1-9(19-4-2-18-3-5-19)10-6-11(13(15,16)17)8-12(14)7-10/h6-9,18H,2-5H2,1H3/t9-/m0/s1. The molecular formula is C13H16ClF3N2. The zero-order valence-corrected chi connectivity index (χ0v) is 11.4. The van der Waals surface area contributed by atoms with Gasteiger partial charge in [0, 0.05) is 37.2 Å². The van der Waals surface area contributed by atoms with E-state index >= 15 is 0 Å². The van der Waals surface area contributed by atoms with Gasteiger partial charge in [0.25, 0.3) is 0 Å². The maximum atomic E-state index is 12.8. The minimum absolute atomic E-state index is 0.0677. The van der Waals surface area contributed by atoms with E-state index in [0.717, 1.165) is 32.2 Å². The zero-order valence-electron chi connectivity index (χ0n) is 10.6. The Hall–Kier alpha value is -0.780. The number of hydrogen-bond acceptors (Lipinski definition) is 2. The molecule has 0 aromatic heterocycles. The van der Waals surface area contributed by atoms with Crippen LogP contribution in [0.4, 0.5) is 13.2 Å². The molecule has 1 aliphatic heterocycles. The molecule has 1 saturated heterocycles. The normalized spacial score (nSPS) is 19.4.